The molecule has 0 aliphatic rings. The van der Waals surface area contributed by atoms with Gasteiger partial charge in [0.05, 0.1) is 11.0 Å². The van der Waals surface area contributed by atoms with E-state index in [0.29, 0.717) is 17.5 Å². The zero-order valence-electron chi connectivity index (χ0n) is 33.7. The first kappa shape index (κ1) is 35.6. The molecule has 0 saturated heterocycles. The highest BCUT2D eigenvalue weighted by atomic mass is 32.1. The number of aromatic nitrogens is 4. The van der Waals surface area contributed by atoms with Gasteiger partial charge in [0.1, 0.15) is 11.2 Å². The number of rotatable bonds is 6. The van der Waals surface area contributed by atoms with Crippen molar-refractivity contribution >= 4 is 75.3 Å². The quantitative estimate of drug-likeness (QED) is 0.168. The molecule has 0 spiro atoms. The first-order valence-electron chi connectivity index (χ1n) is 21.1. The van der Waals surface area contributed by atoms with Crippen molar-refractivity contribution in [1.29, 1.82) is 0 Å². The molecule has 9 aromatic carbocycles. The summed E-state index contributed by atoms with van der Waals surface area (Å²) in [6, 6.07) is 72.6. The fourth-order valence-corrected chi connectivity index (χ4v) is 10.6. The van der Waals surface area contributed by atoms with E-state index in [0.717, 1.165) is 66.3 Å². The highest BCUT2D eigenvalue weighted by molar-refractivity contribution is 7.26. The molecule has 0 N–H and O–H groups in total. The topological polar surface area (TPSA) is 56.7 Å². The maximum Gasteiger partial charge on any atom is 0.164 e. The van der Waals surface area contributed by atoms with Gasteiger partial charge < -0.3 is 8.98 Å². The average molecular weight is 823 g/mol. The molecule has 294 valence electrons. The van der Waals surface area contributed by atoms with Crippen LogP contribution in [0.4, 0.5) is 0 Å². The van der Waals surface area contributed by atoms with Gasteiger partial charge in [-0.2, -0.15) is 0 Å². The van der Waals surface area contributed by atoms with E-state index in [1.54, 1.807) is 0 Å². The largest absolute Gasteiger partial charge is 0.456 e. The Morgan fingerprint density at radius 2 is 1.02 bits per heavy atom. The number of furan rings is 1. The van der Waals surface area contributed by atoms with Gasteiger partial charge in [-0.25, -0.2) is 15.0 Å². The predicted molar refractivity (Wildman–Crippen MR) is 262 cm³/mol. The standard InChI is InChI=1S/C57H34N4OS/c1-4-15-35(16-5-1)40-29-32-51-54(42-22-11-13-26-50(42)63-51)52(40)37-28-31-48-45(33-37)53-43(23-14-25-49(53)62-48)57-59-55(36-17-6-2-7-18-36)58-56(60-57)38-27-30-47-44(34-38)41-21-10-12-24-46(41)61(47)39-19-8-3-9-20-39/h1-34H. The van der Waals surface area contributed by atoms with Gasteiger partial charge in [-0.15, -0.1) is 11.3 Å². The Labute approximate surface area is 365 Å². The summed E-state index contributed by atoms with van der Waals surface area (Å²) in [6.45, 7) is 0. The number of fused-ring (bicyclic) bond motifs is 9. The Morgan fingerprint density at radius 3 is 1.84 bits per heavy atom. The van der Waals surface area contributed by atoms with E-state index in [1.807, 2.05) is 41.7 Å². The molecule has 63 heavy (non-hydrogen) atoms. The van der Waals surface area contributed by atoms with Crippen LogP contribution in [0.15, 0.2) is 211 Å². The maximum absolute atomic E-state index is 6.65. The molecule has 0 fully saturated rings. The molecule has 0 aliphatic carbocycles. The SMILES string of the molecule is c1ccc(-c2nc(-c3ccc4c(c3)c3ccccc3n4-c3ccccc3)nc(-c3cccc4oc5ccc(-c6c(-c7ccccc7)ccc7sc8ccccc8c67)cc5c34)n2)cc1. The van der Waals surface area contributed by atoms with Crippen LogP contribution in [0.25, 0.3) is 126 Å². The average Bonchev–Trinajstić information content (AvgIpc) is 4.03. The summed E-state index contributed by atoms with van der Waals surface area (Å²) in [5.74, 6) is 1.79. The van der Waals surface area contributed by atoms with Crippen molar-refractivity contribution < 1.29 is 4.42 Å². The molecule has 6 heteroatoms. The van der Waals surface area contributed by atoms with Crippen molar-refractivity contribution in [3.8, 4) is 62.1 Å². The van der Waals surface area contributed by atoms with Crippen LogP contribution in [0.2, 0.25) is 0 Å². The Balaban J connectivity index is 1.04. The van der Waals surface area contributed by atoms with Crippen molar-refractivity contribution in [3.05, 3.63) is 206 Å². The second kappa shape index (κ2) is 14.2. The van der Waals surface area contributed by atoms with Gasteiger partial charge in [0.2, 0.25) is 0 Å². The van der Waals surface area contributed by atoms with Gasteiger partial charge in [0.15, 0.2) is 17.5 Å². The van der Waals surface area contributed by atoms with Crippen molar-refractivity contribution in [2.75, 3.05) is 0 Å². The fourth-order valence-electron chi connectivity index (χ4n) is 9.45. The third kappa shape index (κ3) is 5.73. The van der Waals surface area contributed by atoms with Gasteiger partial charge in [-0.1, -0.05) is 140 Å². The Kier molecular flexibility index (Phi) is 8.01. The van der Waals surface area contributed by atoms with Gasteiger partial charge in [0.25, 0.3) is 0 Å². The minimum absolute atomic E-state index is 0.584. The van der Waals surface area contributed by atoms with Gasteiger partial charge in [-0.05, 0) is 89.0 Å². The summed E-state index contributed by atoms with van der Waals surface area (Å²) in [5.41, 5.74) is 12.4. The highest BCUT2D eigenvalue weighted by Crippen LogP contribution is 2.47. The molecule has 0 saturated carbocycles. The van der Waals surface area contributed by atoms with Crippen LogP contribution in [0.3, 0.4) is 0 Å². The number of para-hydroxylation sites is 2. The molecule has 0 radical (unpaired) electrons. The molecule has 5 nitrogen and oxygen atoms in total. The summed E-state index contributed by atoms with van der Waals surface area (Å²) in [6.07, 6.45) is 0. The van der Waals surface area contributed by atoms with E-state index in [4.69, 9.17) is 19.4 Å². The zero-order chi connectivity index (χ0) is 41.4. The van der Waals surface area contributed by atoms with Crippen LogP contribution in [-0.2, 0) is 0 Å². The summed E-state index contributed by atoms with van der Waals surface area (Å²) >= 11 is 1.84. The normalized spacial score (nSPS) is 11.8. The number of benzene rings is 9. The molecule has 0 bridgehead atoms. The van der Waals surface area contributed by atoms with Crippen LogP contribution in [-0.4, -0.2) is 19.5 Å². The van der Waals surface area contributed by atoms with E-state index in [2.05, 4.69) is 180 Å². The molecule has 0 unspecified atom stereocenters. The fraction of sp³-hybridized carbons (Fsp3) is 0. The Bertz CT molecular complexity index is 3910. The van der Waals surface area contributed by atoms with Gasteiger partial charge in [-0.3, -0.25) is 0 Å². The second-order valence-electron chi connectivity index (χ2n) is 15.9. The van der Waals surface area contributed by atoms with Gasteiger partial charge >= 0.3 is 0 Å². The van der Waals surface area contributed by atoms with E-state index >= 15 is 0 Å². The van der Waals surface area contributed by atoms with Crippen molar-refractivity contribution in [2.24, 2.45) is 0 Å². The zero-order valence-corrected chi connectivity index (χ0v) is 34.6. The Morgan fingerprint density at radius 1 is 0.365 bits per heavy atom. The van der Waals surface area contributed by atoms with E-state index < -0.39 is 0 Å². The number of thiophene rings is 1. The van der Waals surface area contributed by atoms with Crippen molar-refractivity contribution in [3.63, 3.8) is 0 Å². The van der Waals surface area contributed by atoms with Gasteiger partial charge in [0, 0.05) is 64.1 Å². The predicted octanol–water partition coefficient (Wildman–Crippen LogP) is 15.6. The smallest absolute Gasteiger partial charge is 0.164 e. The monoisotopic (exact) mass is 822 g/mol. The maximum atomic E-state index is 6.65. The van der Waals surface area contributed by atoms with Crippen molar-refractivity contribution in [1.82, 2.24) is 19.5 Å². The van der Waals surface area contributed by atoms with Crippen LogP contribution < -0.4 is 0 Å². The highest BCUT2D eigenvalue weighted by Gasteiger charge is 2.22. The van der Waals surface area contributed by atoms with Crippen LogP contribution in [0, 0.1) is 0 Å². The first-order valence-corrected chi connectivity index (χ1v) is 21.9. The molecule has 4 aromatic heterocycles. The minimum Gasteiger partial charge on any atom is -0.456 e. The lowest BCUT2D eigenvalue weighted by Gasteiger charge is -2.13. The first-order chi connectivity index (χ1) is 31.2. The van der Waals surface area contributed by atoms with E-state index in [-0.39, 0.29) is 0 Å². The molecule has 0 atom stereocenters. The van der Waals surface area contributed by atoms with Crippen LogP contribution in [0.1, 0.15) is 0 Å². The summed E-state index contributed by atoms with van der Waals surface area (Å²) in [4.78, 5) is 15.7. The number of nitrogens with zero attached hydrogens (tertiary/aromatic N) is 4. The van der Waals surface area contributed by atoms with Crippen LogP contribution >= 0.6 is 11.3 Å². The number of hydrogen-bond donors (Lipinski definition) is 0. The Hall–Kier alpha value is -8.19. The van der Waals surface area contributed by atoms with Crippen LogP contribution in [0.5, 0.6) is 0 Å². The third-order valence-corrected chi connectivity index (χ3v) is 13.4. The molecular weight excluding hydrogens is 789 g/mol. The molecule has 4 heterocycles. The van der Waals surface area contributed by atoms with Crippen molar-refractivity contribution in [2.45, 2.75) is 0 Å². The minimum atomic E-state index is 0.584. The molecule has 13 aromatic rings. The molecular formula is C57H34N4OS. The lowest BCUT2D eigenvalue weighted by atomic mass is 9.90. The summed E-state index contributed by atoms with van der Waals surface area (Å²) < 4.78 is 11.5. The molecule has 0 amide bonds. The lowest BCUT2D eigenvalue weighted by Crippen LogP contribution is -2.00. The van der Waals surface area contributed by atoms with E-state index in [9.17, 15) is 0 Å². The third-order valence-electron chi connectivity index (χ3n) is 12.3. The molecule has 13 rings (SSSR count). The summed E-state index contributed by atoms with van der Waals surface area (Å²) in [7, 11) is 0. The summed E-state index contributed by atoms with van der Waals surface area (Å²) in [5, 5.41) is 6.80. The van der Waals surface area contributed by atoms with E-state index in [1.165, 1.54) is 42.2 Å². The number of hydrogen-bond acceptors (Lipinski definition) is 5. The second-order valence-corrected chi connectivity index (χ2v) is 17.0. The molecule has 0 aliphatic heterocycles. The lowest BCUT2D eigenvalue weighted by molar-refractivity contribution is 0.669.